The summed E-state index contributed by atoms with van der Waals surface area (Å²) >= 11 is 5.88. The lowest BCUT2D eigenvalue weighted by molar-refractivity contribution is -0.117. The largest absolute Gasteiger partial charge is 0.467 e. The van der Waals surface area contributed by atoms with E-state index >= 15 is 0 Å². The molecule has 112 valence electrons. The average molecular weight is 316 g/mol. The summed E-state index contributed by atoms with van der Waals surface area (Å²) in [7, 11) is 0. The maximum absolute atomic E-state index is 11.9. The zero-order chi connectivity index (χ0) is 15.9. The second-order valence-corrected chi connectivity index (χ2v) is 4.97. The van der Waals surface area contributed by atoms with Gasteiger partial charge in [0, 0.05) is 16.9 Å². The molecule has 1 aromatic heterocycles. The quantitative estimate of drug-likeness (QED) is 0.655. The number of halogens is 1. The highest BCUT2D eigenvalue weighted by Crippen LogP contribution is 2.19. The molecule has 0 saturated carbocycles. The van der Waals surface area contributed by atoms with Crippen molar-refractivity contribution in [1.29, 1.82) is 5.26 Å². The number of nitrogens with zero attached hydrogens (tertiary/aromatic N) is 1. The molecular weight excluding hydrogens is 302 g/mol. The van der Waals surface area contributed by atoms with Gasteiger partial charge in [0.2, 0.25) is 0 Å². The molecular formula is C16H14ClN3O2. The monoisotopic (exact) mass is 315 g/mol. The summed E-state index contributed by atoms with van der Waals surface area (Å²) in [4.78, 5) is 11.9. The third kappa shape index (κ3) is 4.14. The minimum absolute atomic E-state index is 0.0269. The lowest BCUT2D eigenvalue weighted by Crippen LogP contribution is -2.24. The highest BCUT2D eigenvalue weighted by atomic mass is 35.5. The fourth-order valence-corrected chi connectivity index (χ4v) is 1.99. The van der Waals surface area contributed by atoms with Gasteiger partial charge in [0.15, 0.2) is 0 Å². The van der Waals surface area contributed by atoms with Crippen LogP contribution in [-0.2, 0) is 11.3 Å². The molecule has 22 heavy (non-hydrogen) atoms. The molecule has 1 aromatic carbocycles. The molecule has 0 aliphatic heterocycles. The van der Waals surface area contributed by atoms with Gasteiger partial charge >= 0.3 is 0 Å². The van der Waals surface area contributed by atoms with E-state index in [0.717, 1.165) is 11.3 Å². The van der Waals surface area contributed by atoms with Gasteiger partial charge in [0.1, 0.15) is 17.4 Å². The number of benzene rings is 1. The summed E-state index contributed by atoms with van der Waals surface area (Å²) < 4.78 is 5.11. The lowest BCUT2D eigenvalue weighted by atomic mass is 10.2. The van der Waals surface area contributed by atoms with Crippen molar-refractivity contribution >= 4 is 23.2 Å². The number of nitriles is 1. The van der Waals surface area contributed by atoms with Crippen molar-refractivity contribution < 1.29 is 9.21 Å². The first-order chi connectivity index (χ1) is 10.6. The maximum atomic E-state index is 11.9. The van der Waals surface area contributed by atoms with Crippen molar-refractivity contribution in [3.05, 3.63) is 64.7 Å². The lowest BCUT2D eigenvalue weighted by Gasteiger charge is -2.07. The SMILES string of the molecule is Cc1cc(Cl)ccc1N/C=C(/C#N)C(=O)NCc1ccco1. The fourth-order valence-electron chi connectivity index (χ4n) is 1.76. The molecule has 2 N–H and O–H groups in total. The van der Waals surface area contributed by atoms with E-state index in [0.29, 0.717) is 10.8 Å². The van der Waals surface area contributed by atoms with Gasteiger partial charge in [0.05, 0.1) is 12.8 Å². The summed E-state index contributed by atoms with van der Waals surface area (Å²) in [5.74, 6) is 0.144. The van der Waals surface area contributed by atoms with Crippen molar-refractivity contribution in [3.8, 4) is 6.07 Å². The first kappa shape index (κ1) is 15.7. The van der Waals surface area contributed by atoms with Crippen molar-refractivity contribution in [2.45, 2.75) is 13.5 Å². The van der Waals surface area contributed by atoms with Gasteiger partial charge in [0.25, 0.3) is 5.91 Å². The standard InChI is InChI=1S/C16H14ClN3O2/c1-11-7-13(17)4-5-15(11)19-9-12(8-18)16(21)20-10-14-3-2-6-22-14/h2-7,9,19H,10H2,1H3,(H,20,21)/b12-9-. The molecule has 0 bridgehead atoms. The predicted octanol–water partition coefficient (Wildman–Crippen LogP) is 3.38. The van der Waals surface area contributed by atoms with Gasteiger partial charge in [-0.15, -0.1) is 0 Å². The average Bonchev–Trinajstić information content (AvgIpc) is 3.01. The van der Waals surface area contributed by atoms with Crippen LogP contribution >= 0.6 is 11.6 Å². The van der Waals surface area contributed by atoms with E-state index in [1.165, 1.54) is 12.5 Å². The number of rotatable bonds is 5. The van der Waals surface area contributed by atoms with E-state index in [2.05, 4.69) is 10.6 Å². The number of aryl methyl sites for hydroxylation is 1. The van der Waals surface area contributed by atoms with Crippen LogP contribution in [0.2, 0.25) is 5.02 Å². The van der Waals surface area contributed by atoms with Crippen LogP contribution in [0.25, 0.3) is 0 Å². The normalized spacial score (nSPS) is 10.9. The van der Waals surface area contributed by atoms with E-state index in [9.17, 15) is 4.79 Å². The Kier molecular flexibility index (Phi) is 5.23. The first-order valence-electron chi connectivity index (χ1n) is 6.53. The van der Waals surface area contributed by atoms with Crippen LogP contribution in [0, 0.1) is 18.3 Å². The summed E-state index contributed by atoms with van der Waals surface area (Å²) in [6, 6.07) is 10.6. The Morgan fingerprint density at radius 2 is 2.27 bits per heavy atom. The van der Waals surface area contributed by atoms with E-state index in [4.69, 9.17) is 21.3 Å². The number of hydrogen-bond acceptors (Lipinski definition) is 4. The molecule has 0 saturated heterocycles. The number of carbonyl (C=O) groups is 1. The Bertz CT molecular complexity index is 730. The summed E-state index contributed by atoms with van der Waals surface area (Å²) in [5, 5.41) is 15.3. The predicted molar refractivity (Wildman–Crippen MR) is 84.1 cm³/mol. The Morgan fingerprint density at radius 3 is 2.91 bits per heavy atom. The molecule has 0 fully saturated rings. The van der Waals surface area contributed by atoms with Gasteiger partial charge in [-0.2, -0.15) is 5.26 Å². The number of anilines is 1. The zero-order valence-electron chi connectivity index (χ0n) is 11.9. The van der Waals surface area contributed by atoms with Gasteiger partial charge in [-0.3, -0.25) is 4.79 Å². The van der Waals surface area contributed by atoms with Crippen molar-refractivity contribution in [3.63, 3.8) is 0 Å². The van der Waals surface area contributed by atoms with Crippen molar-refractivity contribution in [1.82, 2.24) is 5.32 Å². The van der Waals surface area contributed by atoms with E-state index in [1.807, 2.05) is 13.0 Å². The highest BCUT2D eigenvalue weighted by Gasteiger charge is 2.09. The first-order valence-corrected chi connectivity index (χ1v) is 6.91. The molecule has 1 heterocycles. The second-order valence-electron chi connectivity index (χ2n) is 4.54. The Labute approximate surface area is 133 Å². The van der Waals surface area contributed by atoms with Crippen LogP contribution < -0.4 is 10.6 Å². The highest BCUT2D eigenvalue weighted by molar-refractivity contribution is 6.30. The number of nitrogens with one attached hydrogen (secondary N) is 2. The van der Waals surface area contributed by atoms with Crippen LogP contribution in [0.5, 0.6) is 0 Å². The zero-order valence-corrected chi connectivity index (χ0v) is 12.6. The second kappa shape index (κ2) is 7.34. The van der Waals surface area contributed by atoms with Crippen LogP contribution in [0.4, 0.5) is 5.69 Å². The summed E-state index contributed by atoms with van der Waals surface area (Å²) in [5.41, 5.74) is 1.66. The molecule has 0 radical (unpaired) electrons. The van der Waals surface area contributed by atoms with Crippen LogP contribution in [0.3, 0.4) is 0 Å². The third-order valence-corrected chi connectivity index (χ3v) is 3.16. The Balaban J connectivity index is 2.00. The summed E-state index contributed by atoms with van der Waals surface area (Å²) in [6.07, 6.45) is 2.89. The summed E-state index contributed by atoms with van der Waals surface area (Å²) in [6.45, 7) is 2.11. The molecule has 0 aliphatic carbocycles. The Hall–Kier alpha value is -2.71. The topological polar surface area (TPSA) is 78.1 Å². The van der Waals surface area contributed by atoms with Gasteiger partial charge in [-0.25, -0.2) is 0 Å². The smallest absolute Gasteiger partial charge is 0.263 e. The molecule has 1 amide bonds. The molecule has 2 aromatic rings. The number of hydrogen-bond donors (Lipinski definition) is 2. The molecule has 2 rings (SSSR count). The Morgan fingerprint density at radius 1 is 1.45 bits per heavy atom. The number of furan rings is 1. The molecule has 6 heteroatoms. The molecule has 0 aliphatic rings. The van der Waals surface area contributed by atoms with Gasteiger partial charge in [-0.1, -0.05) is 11.6 Å². The van der Waals surface area contributed by atoms with Crippen LogP contribution in [0.15, 0.2) is 52.8 Å². The van der Waals surface area contributed by atoms with E-state index < -0.39 is 5.91 Å². The molecule has 0 spiro atoms. The number of amides is 1. The van der Waals surface area contributed by atoms with Gasteiger partial charge < -0.3 is 15.1 Å². The molecule has 0 atom stereocenters. The minimum Gasteiger partial charge on any atom is -0.467 e. The van der Waals surface area contributed by atoms with E-state index in [1.54, 1.807) is 30.3 Å². The maximum Gasteiger partial charge on any atom is 0.263 e. The van der Waals surface area contributed by atoms with Crippen LogP contribution in [-0.4, -0.2) is 5.91 Å². The van der Waals surface area contributed by atoms with Crippen molar-refractivity contribution in [2.24, 2.45) is 0 Å². The fraction of sp³-hybridized carbons (Fsp3) is 0.125. The molecule has 5 nitrogen and oxygen atoms in total. The van der Waals surface area contributed by atoms with Crippen molar-refractivity contribution in [2.75, 3.05) is 5.32 Å². The number of carbonyl (C=O) groups excluding carboxylic acids is 1. The third-order valence-electron chi connectivity index (χ3n) is 2.93. The minimum atomic E-state index is -0.474. The van der Waals surface area contributed by atoms with Gasteiger partial charge in [-0.05, 0) is 42.8 Å². The van der Waals surface area contributed by atoms with Crippen LogP contribution in [0.1, 0.15) is 11.3 Å². The van der Waals surface area contributed by atoms with E-state index in [-0.39, 0.29) is 12.1 Å². The molecule has 0 unspecified atom stereocenters.